The van der Waals surface area contributed by atoms with E-state index in [4.69, 9.17) is 16.6 Å². The summed E-state index contributed by atoms with van der Waals surface area (Å²) in [6.45, 7) is 2.23. The summed E-state index contributed by atoms with van der Waals surface area (Å²) in [5.41, 5.74) is 3.25. The number of nitrogens with one attached hydrogen (secondary N) is 1. The highest BCUT2D eigenvalue weighted by Gasteiger charge is 2.14. The Morgan fingerprint density at radius 1 is 1.21 bits per heavy atom. The number of fused-ring (bicyclic) bond motifs is 1. The molecule has 0 fully saturated rings. The van der Waals surface area contributed by atoms with Crippen LogP contribution in [0, 0.1) is 11.7 Å². The Morgan fingerprint density at radius 3 is 2.79 bits per heavy atom. The molecule has 4 aromatic rings. The van der Waals surface area contributed by atoms with Gasteiger partial charge >= 0.3 is 5.76 Å². The topological polar surface area (TPSA) is 68.8 Å². The largest absolute Gasteiger partial charge is 0.420 e. The summed E-state index contributed by atoms with van der Waals surface area (Å²) in [5, 5.41) is 7.08. The first-order valence-electron chi connectivity index (χ1n) is 7.45. The van der Waals surface area contributed by atoms with Crippen molar-refractivity contribution in [1.29, 1.82) is 0 Å². The van der Waals surface area contributed by atoms with Gasteiger partial charge in [-0.2, -0.15) is 5.10 Å². The van der Waals surface area contributed by atoms with Crippen molar-refractivity contribution in [3.8, 4) is 5.69 Å². The first-order valence-corrected chi connectivity index (χ1v) is 7.86. The van der Waals surface area contributed by atoms with Crippen LogP contribution >= 0.6 is 12.2 Å². The van der Waals surface area contributed by atoms with Crippen molar-refractivity contribution < 1.29 is 4.42 Å². The number of oxazole rings is 1. The predicted molar refractivity (Wildman–Crippen MR) is 93.1 cm³/mol. The molecule has 0 bridgehead atoms. The fraction of sp³-hybridized carbons (Fsp3) is 0.118. The third-order valence-electron chi connectivity index (χ3n) is 3.88. The van der Waals surface area contributed by atoms with Gasteiger partial charge in [-0.05, 0) is 49.0 Å². The van der Waals surface area contributed by atoms with Crippen LogP contribution in [0.2, 0.25) is 0 Å². The summed E-state index contributed by atoms with van der Waals surface area (Å²) in [4.78, 5) is 12.2. The molecule has 2 aromatic carbocycles. The average molecular weight is 338 g/mol. The van der Waals surface area contributed by atoms with Crippen LogP contribution in [0.15, 0.2) is 57.7 Å². The Hall–Kier alpha value is -2.93. The Bertz CT molecular complexity index is 1130. The molecule has 0 saturated heterocycles. The van der Waals surface area contributed by atoms with Gasteiger partial charge in [0.25, 0.3) is 0 Å². The van der Waals surface area contributed by atoms with E-state index in [-0.39, 0.29) is 6.54 Å². The highest BCUT2D eigenvalue weighted by molar-refractivity contribution is 7.71. The maximum Gasteiger partial charge on any atom is 0.420 e. The molecule has 0 unspecified atom stereocenters. The monoisotopic (exact) mass is 338 g/mol. The Morgan fingerprint density at radius 2 is 2.00 bits per heavy atom. The van der Waals surface area contributed by atoms with Gasteiger partial charge in [0.15, 0.2) is 16.2 Å². The van der Waals surface area contributed by atoms with Crippen molar-refractivity contribution in [3.63, 3.8) is 0 Å². The molecule has 0 atom stereocenters. The van der Waals surface area contributed by atoms with Crippen LogP contribution in [0.4, 0.5) is 0 Å². The summed E-state index contributed by atoms with van der Waals surface area (Å²) in [7, 11) is 0. The number of nitrogens with zero attached hydrogens (tertiary/aromatic N) is 3. The minimum atomic E-state index is -0.413. The maximum absolute atomic E-state index is 12.2. The average Bonchev–Trinajstić information content (AvgIpc) is 3.09. The number of H-pyrrole nitrogens is 1. The molecule has 0 saturated carbocycles. The molecular formula is C17H14N4O2S. The van der Waals surface area contributed by atoms with Gasteiger partial charge in [0.2, 0.25) is 0 Å². The van der Waals surface area contributed by atoms with Crippen LogP contribution in [0.1, 0.15) is 11.4 Å². The van der Waals surface area contributed by atoms with E-state index in [2.05, 4.69) is 10.2 Å². The number of aryl methyl sites for hydroxylation is 1. The van der Waals surface area contributed by atoms with Crippen molar-refractivity contribution in [1.82, 2.24) is 19.3 Å². The number of aromatic amines is 1. The summed E-state index contributed by atoms with van der Waals surface area (Å²) in [6.07, 6.45) is 0. The van der Waals surface area contributed by atoms with Gasteiger partial charge < -0.3 is 4.42 Å². The fourth-order valence-electron chi connectivity index (χ4n) is 2.74. The van der Waals surface area contributed by atoms with Gasteiger partial charge in [0.1, 0.15) is 0 Å². The molecule has 4 rings (SSSR count). The SMILES string of the molecule is Cc1ccc2oc(=O)n(Cc3n[nH]c(=S)n3-c3ccccc3)c2c1. The van der Waals surface area contributed by atoms with Crippen molar-refractivity contribution in [2.75, 3.05) is 0 Å². The van der Waals surface area contributed by atoms with E-state index in [1.165, 1.54) is 0 Å². The van der Waals surface area contributed by atoms with Crippen molar-refractivity contribution in [2.45, 2.75) is 13.5 Å². The zero-order valence-corrected chi connectivity index (χ0v) is 13.7. The first-order chi connectivity index (χ1) is 11.6. The maximum atomic E-state index is 12.2. The lowest BCUT2D eigenvalue weighted by Gasteiger charge is -2.07. The molecule has 24 heavy (non-hydrogen) atoms. The number of para-hydroxylation sites is 1. The second-order valence-corrected chi connectivity index (χ2v) is 5.93. The van der Waals surface area contributed by atoms with Gasteiger partial charge in [0.05, 0.1) is 12.1 Å². The normalized spacial score (nSPS) is 11.2. The van der Waals surface area contributed by atoms with Crippen LogP contribution in [0.3, 0.4) is 0 Å². The smallest absolute Gasteiger partial charge is 0.408 e. The molecule has 7 heteroatoms. The molecular weight excluding hydrogens is 324 g/mol. The molecule has 2 heterocycles. The fourth-order valence-corrected chi connectivity index (χ4v) is 3.00. The number of aromatic nitrogens is 4. The molecule has 0 radical (unpaired) electrons. The number of rotatable bonds is 3. The molecule has 0 aliphatic rings. The third-order valence-corrected chi connectivity index (χ3v) is 4.15. The standard InChI is InChI=1S/C17H14N4O2S/c1-11-7-8-14-13(9-11)20(17(22)23-14)10-15-18-19-16(24)21(15)12-5-3-2-4-6-12/h2-9H,10H2,1H3,(H,19,24). The third kappa shape index (κ3) is 2.39. The van der Waals surface area contributed by atoms with Gasteiger partial charge in [-0.1, -0.05) is 24.3 Å². The van der Waals surface area contributed by atoms with Crippen LogP contribution in [-0.2, 0) is 6.54 Å². The predicted octanol–water partition coefficient (Wildman–Crippen LogP) is 3.19. The van der Waals surface area contributed by atoms with Crippen molar-refractivity contribution in [2.24, 2.45) is 0 Å². The van der Waals surface area contributed by atoms with E-state index >= 15 is 0 Å². The van der Waals surface area contributed by atoms with Gasteiger partial charge in [0, 0.05) is 5.69 Å². The van der Waals surface area contributed by atoms with E-state index in [0.717, 1.165) is 16.8 Å². The second kappa shape index (κ2) is 5.61. The Kier molecular flexibility index (Phi) is 3.42. The first kappa shape index (κ1) is 14.6. The summed E-state index contributed by atoms with van der Waals surface area (Å²) < 4.78 is 9.17. The lowest BCUT2D eigenvalue weighted by Crippen LogP contribution is -2.17. The van der Waals surface area contributed by atoms with Crippen LogP contribution in [-0.4, -0.2) is 19.3 Å². The number of hydrogen-bond donors (Lipinski definition) is 1. The minimum Gasteiger partial charge on any atom is -0.408 e. The number of hydrogen-bond acceptors (Lipinski definition) is 4. The summed E-state index contributed by atoms with van der Waals surface area (Å²) in [5.74, 6) is 0.224. The highest BCUT2D eigenvalue weighted by Crippen LogP contribution is 2.17. The molecule has 1 N–H and O–H groups in total. The number of benzene rings is 2. The van der Waals surface area contributed by atoms with Gasteiger partial charge in [-0.25, -0.2) is 4.79 Å². The van der Waals surface area contributed by atoms with Crippen LogP contribution in [0.25, 0.3) is 16.8 Å². The molecule has 2 aromatic heterocycles. The van der Waals surface area contributed by atoms with E-state index in [9.17, 15) is 4.79 Å². The summed E-state index contributed by atoms with van der Waals surface area (Å²) in [6, 6.07) is 15.3. The lowest BCUT2D eigenvalue weighted by atomic mass is 10.2. The van der Waals surface area contributed by atoms with E-state index < -0.39 is 5.76 Å². The van der Waals surface area contributed by atoms with E-state index in [1.54, 1.807) is 10.6 Å². The lowest BCUT2D eigenvalue weighted by molar-refractivity contribution is 0.512. The van der Waals surface area contributed by atoms with E-state index in [0.29, 0.717) is 16.2 Å². The molecule has 0 amide bonds. The van der Waals surface area contributed by atoms with Crippen LogP contribution in [0.5, 0.6) is 0 Å². The Balaban J connectivity index is 1.86. The van der Waals surface area contributed by atoms with Gasteiger partial charge in [-0.3, -0.25) is 14.2 Å². The Labute approximate surface area is 142 Å². The van der Waals surface area contributed by atoms with Gasteiger partial charge in [-0.15, -0.1) is 0 Å². The van der Waals surface area contributed by atoms with E-state index in [1.807, 2.05) is 54.0 Å². The molecule has 6 nitrogen and oxygen atoms in total. The second-order valence-electron chi connectivity index (χ2n) is 5.54. The zero-order valence-electron chi connectivity index (χ0n) is 12.9. The van der Waals surface area contributed by atoms with Crippen molar-refractivity contribution >= 4 is 23.3 Å². The zero-order chi connectivity index (χ0) is 16.7. The minimum absolute atomic E-state index is 0.261. The molecule has 0 aliphatic heterocycles. The van der Waals surface area contributed by atoms with Crippen molar-refractivity contribution in [3.05, 3.63) is 75.2 Å². The highest BCUT2D eigenvalue weighted by atomic mass is 32.1. The summed E-state index contributed by atoms with van der Waals surface area (Å²) >= 11 is 5.33. The van der Waals surface area contributed by atoms with Crippen LogP contribution < -0.4 is 5.76 Å². The molecule has 120 valence electrons. The quantitative estimate of drug-likeness (QED) is 0.583. The molecule has 0 spiro atoms. The molecule has 0 aliphatic carbocycles.